The van der Waals surface area contributed by atoms with Gasteiger partial charge in [-0.25, -0.2) is 0 Å². The van der Waals surface area contributed by atoms with E-state index in [1.54, 1.807) is 0 Å². The summed E-state index contributed by atoms with van der Waals surface area (Å²) in [6.45, 7) is 72.8. The van der Waals surface area contributed by atoms with E-state index < -0.39 is 0 Å². The Hall–Kier alpha value is -3.42. The molecule has 18 heteroatoms. The molecule has 0 N–H and O–H groups in total. The number of hydrogen-bond acceptors (Lipinski definition) is 18. The third-order valence-corrected chi connectivity index (χ3v) is 28.0. The van der Waals surface area contributed by atoms with Gasteiger partial charge in [0.05, 0.1) is 0 Å². The number of piperidine rings is 6. The van der Waals surface area contributed by atoms with Gasteiger partial charge in [0.15, 0.2) is 0 Å². The molecule has 0 bridgehead atoms. The van der Waals surface area contributed by atoms with E-state index in [4.69, 9.17) is 29.9 Å². The quantitative estimate of drug-likeness (QED) is 0.0982. The molecule has 0 amide bonds. The summed E-state index contributed by atoms with van der Waals surface area (Å²) in [7, 11) is 14.0. The molecule has 6 aliphatic heterocycles. The van der Waals surface area contributed by atoms with Crippen LogP contribution in [0.15, 0.2) is 0 Å². The number of anilines is 6. The lowest BCUT2D eigenvalue weighted by Crippen LogP contribution is -2.63. The maximum atomic E-state index is 5.84. The van der Waals surface area contributed by atoms with E-state index in [2.05, 4.69) is 295 Å². The third kappa shape index (κ3) is 16.4. The van der Waals surface area contributed by atoms with Crippen LogP contribution in [0.4, 0.5) is 35.7 Å². The first-order valence-corrected chi connectivity index (χ1v) is 39.3. The maximum Gasteiger partial charge on any atom is 0.232 e. The van der Waals surface area contributed by atoms with Gasteiger partial charge in [0.1, 0.15) is 0 Å². The van der Waals surface area contributed by atoms with Crippen LogP contribution in [-0.4, -0.2) is 244 Å². The molecule has 0 saturated carbocycles. The lowest BCUT2D eigenvalue weighted by atomic mass is 9.77. The van der Waals surface area contributed by atoms with E-state index in [0.29, 0.717) is 0 Å². The maximum absolute atomic E-state index is 5.84. The monoisotopic (exact) mass is 1370 g/mol. The van der Waals surface area contributed by atoms with Crippen molar-refractivity contribution in [2.75, 3.05) is 111 Å². The summed E-state index contributed by atoms with van der Waals surface area (Å²) in [6.07, 6.45) is 16.6. The van der Waals surface area contributed by atoms with Crippen molar-refractivity contribution in [2.24, 2.45) is 0 Å². The smallest absolute Gasteiger partial charge is 0.232 e. The lowest BCUT2D eigenvalue weighted by molar-refractivity contribution is -0.0138. The van der Waals surface area contributed by atoms with Crippen LogP contribution in [0, 0.1) is 0 Å². The fourth-order valence-electron chi connectivity index (χ4n) is 20.8. The van der Waals surface area contributed by atoms with E-state index in [-0.39, 0.29) is 103 Å². The Labute approximate surface area is 602 Å². The Morgan fingerprint density at radius 1 is 0.224 bits per heavy atom. The highest BCUT2D eigenvalue weighted by atomic mass is 15.5. The van der Waals surface area contributed by atoms with Gasteiger partial charge < -0.3 is 29.4 Å². The van der Waals surface area contributed by atoms with E-state index in [0.717, 1.165) is 178 Å². The first-order chi connectivity index (χ1) is 44.7. The van der Waals surface area contributed by atoms with Crippen molar-refractivity contribution < 1.29 is 0 Å². The van der Waals surface area contributed by atoms with E-state index >= 15 is 0 Å². The van der Waals surface area contributed by atoms with Gasteiger partial charge in [-0.05, 0) is 326 Å². The molecule has 0 atom stereocenters. The molecule has 0 radical (unpaired) electrons. The minimum Gasteiger partial charge on any atom is -0.338 e. The Balaban J connectivity index is 1.19. The Morgan fingerprint density at radius 2 is 0.347 bits per heavy atom. The summed E-state index contributed by atoms with van der Waals surface area (Å²) in [6, 6.07) is 1.54. The van der Waals surface area contributed by atoms with Gasteiger partial charge in [-0.15, -0.1) is 0 Å². The normalized spacial score (nSPS) is 26.3. The molecule has 562 valence electrons. The van der Waals surface area contributed by atoms with Crippen molar-refractivity contribution in [3.63, 3.8) is 0 Å². The second kappa shape index (κ2) is 28.2. The number of hydrogen-bond donors (Lipinski definition) is 0. The van der Waals surface area contributed by atoms with Gasteiger partial charge >= 0.3 is 0 Å². The van der Waals surface area contributed by atoms with Crippen LogP contribution in [0.25, 0.3) is 0 Å². The zero-order chi connectivity index (χ0) is 73.7. The average Bonchev–Trinajstić information content (AvgIpc) is 0.760. The fraction of sp³-hybridized carbons (Fsp3) is 0.925. The average molecular weight is 1370 g/mol. The molecule has 18 nitrogen and oxygen atoms in total. The first-order valence-electron chi connectivity index (χ1n) is 39.3. The third-order valence-electron chi connectivity index (χ3n) is 28.0. The highest BCUT2D eigenvalue weighted by Crippen LogP contribution is 2.48. The molecule has 0 spiro atoms. The predicted molar refractivity (Wildman–Crippen MR) is 419 cm³/mol. The Morgan fingerprint density at radius 3 is 0.480 bits per heavy atom. The summed E-state index contributed by atoms with van der Waals surface area (Å²) in [5, 5.41) is 0. The van der Waals surface area contributed by atoms with Gasteiger partial charge in [-0.2, -0.15) is 29.9 Å². The largest absolute Gasteiger partial charge is 0.338 e. The zero-order valence-corrected chi connectivity index (χ0v) is 70.1. The molecule has 0 unspecified atom stereocenters. The number of nitrogens with zero attached hydrogens (tertiary/aromatic N) is 18. The SMILES string of the molecule is CCN(c1nc(N(CC)C2CC(C)(C)N(C)C(C)(C)C2)nc(N(CCCCCCN(c2nc(N(CC)C3CC(C)(C)N(C)C(C)(C)C3)nc(N(CC)C3CC(C)(C)N(C)C(C)(C)C3)n2)C2CC(C)(C)N(C)C(C)(C)C2)C2CC(C)(C)N(C)C(C)(C)C2)n1)C1CC(C)(C)N(C)C(C)(C)C1. The van der Waals surface area contributed by atoms with Crippen molar-refractivity contribution >= 4 is 35.7 Å². The highest BCUT2D eigenvalue weighted by Gasteiger charge is 2.52. The van der Waals surface area contributed by atoms with Gasteiger partial charge in [-0.3, -0.25) is 29.4 Å². The van der Waals surface area contributed by atoms with Crippen molar-refractivity contribution in [2.45, 2.75) is 399 Å². The summed E-state index contributed by atoms with van der Waals surface area (Å²) in [4.78, 5) is 66.2. The minimum atomic E-state index is -0.0387. The Kier molecular flexibility index (Phi) is 23.1. The van der Waals surface area contributed by atoms with Gasteiger partial charge in [0, 0.05) is 142 Å². The first kappa shape index (κ1) is 80.3. The van der Waals surface area contributed by atoms with Gasteiger partial charge in [0.2, 0.25) is 35.7 Å². The van der Waals surface area contributed by atoms with Crippen LogP contribution in [-0.2, 0) is 0 Å². The molecular formula is C80H152N18. The van der Waals surface area contributed by atoms with Gasteiger partial charge in [0.25, 0.3) is 0 Å². The van der Waals surface area contributed by atoms with Crippen LogP contribution >= 0.6 is 0 Å². The molecule has 6 fully saturated rings. The molecule has 0 aromatic carbocycles. The van der Waals surface area contributed by atoms with E-state index in [1.807, 2.05) is 0 Å². The van der Waals surface area contributed by atoms with Crippen LogP contribution in [0.2, 0.25) is 0 Å². The molecule has 6 saturated heterocycles. The van der Waals surface area contributed by atoms with Crippen LogP contribution < -0.4 is 29.4 Å². The summed E-state index contributed by atoms with van der Waals surface area (Å²) >= 11 is 0. The number of aromatic nitrogens is 6. The van der Waals surface area contributed by atoms with Crippen molar-refractivity contribution in [1.29, 1.82) is 0 Å². The lowest BCUT2D eigenvalue weighted by Gasteiger charge is -2.56. The molecule has 2 aromatic rings. The van der Waals surface area contributed by atoms with Crippen molar-refractivity contribution in [3.05, 3.63) is 0 Å². The molecule has 98 heavy (non-hydrogen) atoms. The second-order valence-corrected chi connectivity index (χ2v) is 39.9. The number of rotatable bonds is 23. The zero-order valence-electron chi connectivity index (χ0n) is 70.1. The fourth-order valence-corrected chi connectivity index (χ4v) is 20.8. The summed E-state index contributed by atoms with van der Waals surface area (Å²) < 4.78 is 0. The number of unbranched alkanes of at least 4 members (excludes halogenated alkanes) is 3. The van der Waals surface area contributed by atoms with Crippen LogP contribution in [0.1, 0.15) is 297 Å². The standard InChI is InChI=1S/C80H152N18/c1-35-93(57-45-69(5,6)87(29)70(7,8)46-57)63-81-64(94(36-2)58-47-71(9,10)88(30)72(11,12)48-58)84-67(83-63)97(61-53-77(21,22)91(33)78(23,24)54-61)43-41-39-40-42-44-98(62-55-79(25,26)92(34)80(27,28)56-62)68-85-65(95(37-3)59-49-73(13,14)89(31)74(15,16)50-59)82-66(86-68)96(38-4)60-51-75(17,18)90(32)76(19,20)52-60/h57-62H,35-56H2,1-34H3. The molecular weight excluding hydrogens is 1210 g/mol. The molecule has 0 aliphatic carbocycles. The van der Waals surface area contributed by atoms with Crippen molar-refractivity contribution in [3.8, 4) is 0 Å². The number of likely N-dealkylation sites (tertiary alicyclic amines) is 6. The summed E-state index contributed by atoms with van der Waals surface area (Å²) in [5.41, 5.74) is -0.148. The molecule has 6 aliphatic rings. The second-order valence-electron chi connectivity index (χ2n) is 39.9. The molecule has 8 heterocycles. The van der Waals surface area contributed by atoms with Crippen LogP contribution in [0.5, 0.6) is 0 Å². The van der Waals surface area contributed by atoms with Gasteiger partial charge in [-0.1, -0.05) is 12.8 Å². The van der Waals surface area contributed by atoms with E-state index in [1.165, 1.54) is 0 Å². The predicted octanol–water partition coefficient (Wildman–Crippen LogP) is 15.1. The minimum absolute atomic E-state index is 0.000818. The van der Waals surface area contributed by atoms with Crippen LogP contribution in [0.3, 0.4) is 0 Å². The molecule has 2 aromatic heterocycles. The molecule has 8 rings (SSSR count). The Bertz CT molecular complexity index is 2550. The van der Waals surface area contributed by atoms with E-state index in [9.17, 15) is 0 Å². The highest BCUT2D eigenvalue weighted by molar-refractivity contribution is 5.51. The topological polar surface area (TPSA) is 116 Å². The van der Waals surface area contributed by atoms with Crippen molar-refractivity contribution in [1.82, 2.24) is 59.3 Å². The summed E-state index contributed by atoms with van der Waals surface area (Å²) in [5.74, 6) is 5.04.